The molecule has 0 radical (unpaired) electrons. The lowest BCUT2D eigenvalue weighted by Gasteiger charge is -2.23. The van der Waals surface area contributed by atoms with Crippen LogP contribution in [-0.2, 0) is 24.4 Å². The van der Waals surface area contributed by atoms with Crippen LogP contribution in [0.25, 0.3) is 10.8 Å². The van der Waals surface area contributed by atoms with E-state index in [2.05, 4.69) is 38.0 Å². The van der Waals surface area contributed by atoms with Crippen LogP contribution < -0.4 is 10.1 Å². The third-order valence-corrected chi connectivity index (χ3v) is 6.68. The molecule has 0 unspecified atom stereocenters. The lowest BCUT2D eigenvalue weighted by atomic mass is 10.1. The molecule has 4 bridgehead atoms. The highest BCUT2D eigenvalue weighted by molar-refractivity contribution is 6.03. The van der Waals surface area contributed by atoms with E-state index in [9.17, 15) is 10.1 Å². The molecule has 0 fully saturated rings. The second-order valence-corrected chi connectivity index (χ2v) is 9.42. The Morgan fingerprint density at radius 1 is 0.947 bits per heavy atom. The third-order valence-electron chi connectivity index (χ3n) is 6.68. The summed E-state index contributed by atoms with van der Waals surface area (Å²) in [4.78, 5) is 19.8. The second-order valence-electron chi connectivity index (χ2n) is 9.42. The van der Waals surface area contributed by atoms with Crippen molar-refractivity contribution in [2.24, 2.45) is 0 Å². The van der Waals surface area contributed by atoms with Crippen LogP contribution in [0.2, 0.25) is 0 Å². The van der Waals surface area contributed by atoms with Gasteiger partial charge >= 0.3 is 0 Å². The van der Waals surface area contributed by atoms with Gasteiger partial charge < -0.3 is 14.6 Å². The average Bonchev–Trinajstić information content (AvgIpc) is 3.35. The van der Waals surface area contributed by atoms with Gasteiger partial charge in [-0.1, -0.05) is 54.6 Å². The van der Waals surface area contributed by atoms with Crippen molar-refractivity contribution in [1.29, 1.82) is 5.26 Å². The van der Waals surface area contributed by atoms with Gasteiger partial charge in [-0.25, -0.2) is 4.98 Å². The highest BCUT2D eigenvalue weighted by atomic mass is 16.5. The van der Waals surface area contributed by atoms with Crippen molar-refractivity contribution in [1.82, 2.24) is 14.5 Å². The minimum Gasteiger partial charge on any atom is -0.456 e. The molecule has 1 aliphatic heterocycles. The van der Waals surface area contributed by atoms with Crippen LogP contribution in [0.1, 0.15) is 22.4 Å². The van der Waals surface area contributed by atoms with Crippen LogP contribution >= 0.6 is 0 Å². The van der Waals surface area contributed by atoms with Gasteiger partial charge in [-0.3, -0.25) is 9.69 Å². The van der Waals surface area contributed by atoms with Gasteiger partial charge in [0, 0.05) is 36.9 Å². The maximum Gasteiger partial charge on any atom is 0.238 e. The Bertz CT molecular complexity index is 1670. The first-order chi connectivity index (χ1) is 18.6. The van der Waals surface area contributed by atoms with Crippen LogP contribution in [0.5, 0.6) is 11.5 Å². The summed E-state index contributed by atoms with van der Waals surface area (Å²) < 4.78 is 8.28. The Hall–Kier alpha value is -4.93. The van der Waals surface area contributed by atoms with E-state index in [4.69, 9.17) is 4.74 Å². The highest BCUT2D eigenvalue weighted by Gasteiger charge is 2.17. The quantitative estimate of drug-likeness (QED) is 0.337. The van der Waals surface area contributed by atoms with E-state index in [0.717, 1.165) is 27.6 Å². The Kier molecular flexibility index (Phi) is 6.30. The van der Waals surface area contributed by atoms with Crippen LogP contribution in [0.4, 0.5) is 5.69 Å². The van der Waals surface area contributed by atoms with Crippen molar-refractivity contribution < 1.29 is 9.53 Å². The van der Waals surface area contributed by atoms with E-state index >= 15 is 0 Å². The average molecular weight is 500 g/mol. The molecule has 0 aliphatic carbocycles. The lowest BCUT2D eigenvalue weighted by molar-refractivity contribution is -0.117. The van der Waals surface area contributed by atoms with Crippen molar-refractivity contribution in [2.75, 3.05) is 11.9 Å². The number of nitrogens with one attached hydrogen (secondary N) is 1. The first-order valence-corrected chi connectivity index (χ1v) is 12.4. The highest BCUT2D eigenvalue weighted by Crippen LogP contribution is 2.32. The first-order valence-electron chi connectivity index (χ1n) is 12.4. The van der Waals surface area contributed by atoms with Crippen LogP contribution in [0, 0.1) is 11.3 Å². The number of hydrogen-bond acceptors (Lipinski definition) is 5. The maximum atomic E-state index is 13.3. The minimum absolute atomic E-state index is 0.102. The van der Waals surface area contributed by atoms with Crippen molar-refractivity contribution in [3.63, 3.8) is 0 Å². The van der Waals surface area contributed by atoms with Gasteiger partial charge in [0.1, 0.15) is 17.6 Å². The molecule has 0 saturated heterocycles. The van der Waals surface area contributed by atoms with Crippen LogP contribution in [0.15, 0.2) is 97.5 Å². The fraction of sp³-hybridized carbons (Fsp3) is 0.129. The molecule has 1 aliphatic rings. The van der Waals surface area contributed by atoms with E-state index in [0.29, 0.717) is 42.4 Å². The molecule has 5 aromatic rings. The van der Waals surface area contributed by atoms with E-state index in [1.54, 1.807) is 12.4 Å². The minimum atomic E-state index is -0.102. The van der Waals surface area contributed by atoms with E-state index in [-0.39, 0.29) is 12.5 Å². The molecule has 1 N–H and O–H groups in total. The summed E-state index contributed by atoms with van der Waals surface area (Å²) in [6, 6.07) is 29.6. The summed E-state index contributed by atoms with van der Waals surface area (Å²) in [5.41, 5.74) is 4.27. The number of carbonyl (C=O) groups excluding carboxylic acids is 1. The van der Waals surface area contributed by atoms with Crippen LogP contribution in [-0.4, -0.2) is 26.9 Å². The zero-order chi connectivity index (χ0) is 25.9. The number of imidazole rings is 1. The van der Waals surface area contributed by atoms with E-state index in [1.807, 2.05) is 72.9 Å². The SMILES string of the molecule is N#Cc1ccc2cc1Oc1ccc3cccc(c3c1)NC(=O)CN(Cc1ccccc1)Cc1cncn1C2. The smallest absolute Gasteiger partial charge is 0.238 e. The summed E-state index contributed by atoms with van der Waals surface area (Å²) in [7, 11) is 0. The van der Waals surface area contributed by atoms with Crippen molar-refractivity contribution in [3.8, 4) is 17.6 Å². The Balaban J connectivity index is 1.44. The molecule has 186 valence electrons. The monoisotopic (exact) mass is 499 g/mol. The summed E-state index contributed by atoms with van der Waals surface area (Å²) in [6.45, 7) is 1.94. The topological polar surface area (TPSA) is 83.2 Å². The largest absolute Gasteiger partial charge is 0.456 e. The molecule has 2 heterocycles. The molecule has 6 rings (SSSR count). The summed E-state index contributed by atoms with van der Waals surface area (Å²) >= 11 is 0. The van der Waals surface area contributed by atoms with E-state index in [1.165, 1.54) is 0 Å². The van der Waals surface area contributed by atoms with Crippen molar-refractivity contribution in [2.45, 2.75) is 19.6 Å². The van der Waals surface area contributed by atoms with Gasteiger partial charge in [-0.2, -0.15) is 5.26 Å². The number of aromatic nitrogens is 2. The molecular formula is C31H25N5O2. The number of nitriles is 1. The number of hydrogen-bond donors (Lipinski definition) is 1. The number of ether oxygens (including phenoxy) is 1. The Labute approximate surface area is 220 Å². The fourth-order valence-corrected chi connectivity index (χ4v) is 4.84. The Morgan fingerprint density at radius 2 is 1.84 bits per heavy atom. The van der Waals surface area contributed by atoms with Gasteiger partial charge in [-0.15, -0.1) is 0 Å². The zero-order valence-electron chi connectivity index (χ0n) is 20.7. The molecule has 0 atom stereocenters. The van der Waals surface area contributed by atoms with Crippen molar-refractivity contribution in [3.05, 3.63) is 120 Å². The second kappa shape index (κ2) is 10.2. The molecule has 4 aromatic carbocycles. The molecule has 7 nitrogen and oxygen atoms in total. The number of benzene rings is 4. The number of nitrogens with zero attached hydrogens (tertiary/aromatic N) is 4. The molecule has 0 spiro atoms. The molecule has 1 aromatic heterocycles. The Morgan fingerprint density at radius 3 is 2.71 bits per heavy atom. The predicted molar refractivity (Wildman–Crippen MR) is 146 cm³/mol. The maximum absolute atomic E-state index is 13.3. The summed E-state index contributed by atoms with van der Waals surface area (Å²) in [5, 5.41) is 14.7. The molecule has 1 amide bonds. The molecular weight excluding hydrogens is 474 g/mol. The number of anilines is 1. The summed E-state index contributed by atoms with van der Waals surface area (Å²) in [5.74, 6) is 0.981. The number of fused-ring (bicyclic) bond motifs is 4. The third kappa shape index (κ3) is 4.99. The van der Waals surface area contributed by atoms with E-state index < -0.39 is 0 Å². The van der Waals surface area contributed by atoms with Crippen molar-refractivity contribution >= 4 is 22.4 Å². The standard InChI is InChI=1S/C31H25N5O2/c32-15-25-10-9-23-13-30(25)38-27-12-11-24-7-4-8-29(28(24)14-27)34-31(37)20-35(17-22-5-2-1-3-6-22)19-26-16-33-21-36(26)18-23/h1-14,16,21H,17-20H2,(H,34,37). The lowest BCUT2D eigenvalue weighted by Crippen LogP contribution is -2.33. The van der Waals surface area contributed by atoms with Gasteiger partial charge in [0.2, 0.25) is 5.91 Å². The van der Waals surface area contributed by atoms with Gasteiger partial charge in [0.15, 0.2) is 0 Å². The predicted octanol–water partition coefficient (Wildman–Crippen LogP) is 5.70. The molecule has 38 heavy (non-hydrogen) atoms. The molecule has 7 heteroatoms. The first kappa shape index (κ1) is 23.5. The number of carbonyl (C=O) groups is 1. The zero-order valence-corrected chi connectivity index (χ0v) is 20.7. The number of amides is 1. The summed E-state index contributed by atoms with van der Waals surface area (Å²) in [6.07, 6.45) is 3.63. The normalized spacial score (nSPS) is 13.9. The fourth-order valence-electron chi connectivity index (χ4n) is 4.84. The van der Waals surface area contributed by atoms with Crippen LogP contribution in [0.3, 0.4) is 0 Å². The molecule has 0 saturated carbocycles. The van der Waals surface area contributed by atoms with Gasteiger partial charge in [0.05, 0.1) is 24.1 Å². The number of rotatable bonds is 2. The van der Waals surface area contributed by atoms with Gasteiger partial charge in [-0.05, 0) is 46.8 Å². The van der Waals surface area contributed by atoms with Gasteiger partial charge in [0.25, 0.3) is 0 Å².